The van der Waals surface area contributed by atoms with Crippen LogP contribution in [0.3, 0.4) is 0 Å². The van der Waals surface area contributed by atoms with Gasteiger partial charge in [0.05, 0.1) is 27.4 Å². The van der Waals surface area contributed by atoms with Gasteiger partial charge in [0.15, 0.2) is 11.5 Å². The van der Waals surface area contributed by atoms with Gasteiger partial charge in [0.2, 0.25) is 5.75 Å². The van der Waals surface area contributed by atoms with Gasteiger partial charge in [-0.1, -0.05) is 48.5 Å². The lowest BCUT2D eigenvalue weighted by Gasteiger charge is -2.40. The smallest absolute Gasteiger partial charge is 0.328 e. The van der Waals surface area contributed by atoms with E-state index >= 15 is 0 Å². The molecule has 41 heavy (non-hydrogen) atoms. The maximum absolute atomic E-state index is 13.6. The van der Waals surface area contributed by atoms with Crippen molar-refractivity contribution in [2.24, 2.45) is 0 Å². The van der Waals surface area contributed by atoms with Crippen LogP contribution in [0.4, 0.5) is 4.39 Å². The molecule has 0 amide bonds. The number of methoxy groups -OCH3 is 3. The molecule has 10 heteroatoms. The number of carboxylic acids is 2. The summed E-state index contributed by atoms with van der Waals surface area (Å²) in [5.41, 5.74) is 3.40. The zero-order valence-corrected chi connectivity index (χ0v) is 23.3. The van der Waals surface area contributed by atoms with E-state index in [0.717, 1.165) is 43.9 Å². The van der Waals surface area contributed by atoms with Crippen molar-refractivity contribution in [1.29, 1.82) is 0 Å². The number of ether oxygens (including phenoxy) is 3. The molecule has 3 aromatic rings. The molecule has 1 unspecified atom stereocenters. The minimum atomic E-state index is -1.26. The molecular formula is C31H35FN2O7. The van der Waals surface area contributed by atoms with Crippen molar-refractivity contribution in [3.05, 3.63) is 101 Å². The summed E-state index contributed by atoms with van der Waals surface area (Å²) < 4.78 is 30.2. The van der Waals surface area contributed by atoms with Gasteiger partial charge >= 0.3 is 11.9 Å². The Morgan fingerprint density at radius 3 is 1.85 bits per heavy atom. The molecule has 0 saturated carbocycles. The second kappa shape index (κ2) is 15.4. The third-order valence-electron chi connectivity index (χ3n) is 6.62. The second-order valence-corrected chi connectivity index (χ2v) is 9.18. The van der Waals surface area contributed by atoms with Crippen LogP contribution >= 0.6 is 0 Å². The fourth-order valence-corrected chi connectivity index (χ4v) is 4.75. The van der Waals surface area contributed by atoms with Crippen molar-refractivity contribution in [3.8, 4) is 17.2 Å². The molecule has 1 saturated heterocycles. The van der Waals surface area contributed by atoms with E-state index in [2.05, 4.69) is 34.1 Å². The van der Waals surface area contributed by atoms with Crippen LogP contribution < -0.4 is 14.2 Å². The van der Waals surface area contributed by atoms with Gasteiger partial charge in [-0.05, 0) is 29.3 Å². The van der Waals surface area contributed by atoms with Crippen molar-refractivity contribution >= 4 is 11.9 Å². The Morgan fingerprint density at radius 1 is 0.780 bits per heavy atom. The maximum atomic E-state index is 13.6. The molecule has 218 valence electrons. The summed E-state index contributed by atoms with van der Waals surface area (Å²) in [7, 11) is 4.91. The number of rotatable bonds is 10. The summed E-state index contributed by atoms with van der Waals surface area (Å²) in [6, 6.07) is 21.4. The molecular weight excluding hydrogens is 531 g/mol. The highest BCUT2D eigenvalue weighted by Crippen LogP contribution is 2.40. The number of hydrogen-bond donors (Lipinski definition) is 2. The minimum Gasteiger partial charge on any atom is -0.493 e. The lowest BCUT2D eigenvalue weighted by molar-refractivity contribution is -0.134. The highest BCUT2D eigenvalue weighted by Gasteiger charge is 2.27. The van der Waals surface area contributed by atoms with Crippen LogP contribution in [0, 0.1) is 5.82 Å². The van der Waals surface area contributed by atoms with E-state index in [1.807, 2.05) is 30.3 Å². The number of nitrogens with zero attached hydrogens (tertiary/aromatic N) is 2. The molecule has 0 spiro atoms. The predicted octanol–water partition coefficient (Wildman–Crippen LogP) is 4.47. The number of carboxylic acid groups (broad SMARTS) is 2. The van der Waals surface area contributed by atoms with Crippen LogP contribution in [0.5, 0.6) is 17.2 Å². The standard InChI is InChI=1S/C27H31FN2O3.C4H4O4/c1-31-24-14-11-22(26(32-2)27(24)33-3)19-29-15-17-30(18-16-29)25(20-7-5-4-6-8-20)21-9-12-23(28)13-10-21;5-3(6)1-2-4(7)8/h4-14,25H,15-19H2,1-3H3;1-2H,(H,5,6)(H,7,8). The van der Waals surface area contributed by atoms with Gasteiger partial charge in [-0.2, -0.15) is 0 Å². The van der Waals surface area contributed by atoms with Crippen molar-refractivity contribution in [2.45, 2.75) is 12.6 Å². The first-order valence-corrected chi connectivity index (χ1v) is 13.0. The zero-order valence-electron chi connectivity index (χ0n) is 23.3. The van der Waals surface area contributed by atoms with Crippen molar-refractivity contribution in [3.63, 3.8) is 0 Å². The third-order valence-corrected chi connectivity index (χ3v) is 6.62. The summed E-state index contributed by atoms with van der Waals surface area (Å²) in [6.07, 6.45) is 1.12. The lowest BCUT2D eigenvalue weighted by Crippen LogP contribution is -2.47. The average molecular weight is 567 g/mol. The fraction of sp³-hybridized carbons (Fsp3) is 0.290. The van der Waals surface area contributed by atoms with Crippen LogP contribution in [-0.2, 0) is 16.1 Å². The zero-order chi connectivity index (χ0) is 29.8. The van der Waals surface area contributed by atoms with Gasteiger partial charge in [0, 0.05) is 50.4 Å². The van der Waals surface area contributed by atoms with E-state index in [-0.39, 0.29) is 11.9 Å². The van der Waals surface area contributed by atoms with E-state index in [1.54, 1.807) is 33.5 Å². The van der Waals surface area contributed by atoms with Crippen LogP contribution in [-0.4, -0.2) is 79.5 Å². The number of hydrogen-bond acceptors (Lipinski definition) is 7. The number of piperazine rings is 1. The first kappa shape index (κ1) is 31.1. The number of halogens is 1. The van der Waals surface area contributed by atoms with Gasteiger partial charge in [0.25, 0.3) is 0 Å². The summed E-state index contributed by atoms with van der Waals surface area (Å²) in [4.78, 5) is 24.0. The van der Waals surface area contributed by atoms with Crippen LogP contribution in [0.15, 0.2) is 78.9 Å². The first-order valence-electron chi connectivity index (χ1n) is 13.0. The van der Waals surface area contributed by atoms with E-state index in [0.29, 0.717) is 29.4 Å². The number of benzene rings is 3. The minimum absolute atomic E-state index is 0.101. The van der Waals surface area contributed by atoms with Crippen LogP contribution in [0.1, 0.15) is 22.7 Å². The Hall–Kier alpha value is -4.41. The second-order valence-electron chi connectivity index (χ2n) is 9.18. The summed E-state index contributed by atoms with van der Waals surface area (Å²) in [5, 5.41) is 15.6. The highest BCUT2D eigenvalue weighted by molar-refractivity contribution is 5.89. The molecule has 2 N–H and O–H groups in total. The van der Waals surface area contributed by atoms with Crippen molar-refractivity contribution in [1.82, 2.24) is 9.80 Å². The molecule has 0 radical (unpaired) electrons. The number of carbonyl (C=O) groups is 2. The van der Waals surface area contributed by atoms with Crippen LogP contribution in [0.2, 0.25) is 0 Å². The van der Waals surface area contributed by atoms with Gasteiger partial charge in [0.1, 0.15) is 5.82 Å². The summed E-state index contributed by atoms with van der Waals surface area (Å²) >= 11 is 0. The fourth-order valence-electron chi connectivity index (χ4n) is 4.75. The third kappa shape index (κ3) is 8.79. The van der Waals surface area contributed by atoms with Gasteiger partial charge in [-0.3, -0.25) is 9.80 Å². The van der Waals surface area contributed by atoms with Gasteiger partial charge in [-0.15, -0.1) is 0 Å². The lowest BCUT2D eigenvalue weighted by atomic mass is 9.96. The Labute approximate surface area is 239 Å². The van der Waals surface area contributed by atoms with Gasteiger partial charge < -0.3 is 24.4 Å². The molecule has 1 atom stereocenters. The molecule has 0 aromatic heterocycles. The molecule has 1 heterocycles. The summed E-state index contributed by atoms with van der Waals surface area (Å²) in [6.45, 7) is 4.42. The van der Waals surface area contributed by atoms with E-state index in [4.69, 9.17) is 24.4 Å². The predicted molar refractivity (Wildman–Crippen MR) is 152 cm³/mol. The first-order chi connectivity index (χ1) is 19.8. The number of aliphatic carboxylic acids is 2. The molecule has 9 nitrogen and oxygen atoms in total. The molecule has 1 aliphatic rings. The van der Waals surface area contributed by atoms with Crippen molar-refractivity contribution < 1.29 is 38.4 Å². The average Bonchev–Trinajstić information content (AvgIpc) is 2.98. The Balaban J connectivity index is 0.000000507. The monoisotopic (exact) mass is 566 g/mol. The maximum Gasteiger partial charge on any atom is 0.328 e. The molecule has 1 aliphatic heterocycles. The van der Waals surface area contributed by atoms with E-state index in [1.165, 1.54) is 5.56 Å². The SMILES string of the molecule is COc1ccc(CN2CCN(C(c3ccccc3)c3ccc(F)cc3)CC2)c(OC)c1OC.O=C(O)C=CC(=O)O. The van der Waals surface area contributed by atoms with Crippen molar-refractivity contribution in [2.75, 3.05) is 47.5 Å². The molecule has 3 aromatic carbocycles. The van der Waals surface area contributed by atoms with Crippen LogP contribution in [0.25, 0.3) is 0 Å². The topological polar surface area (TPSA) is 109 Å². The molecule has 4 rings (SSSR count). The van der Waals surface area contributed by atoms with Gasteiger partial charge in [-0.25, -0.2) is 14.0 Å². The molecule has 0 bridgehead atoms. The van der Waals surface area contributed by atoms with E-state index in [9.17, 15) is 14.0 Å². The Morgan fingerprint density at radius 2 is 1.34 bits per heavy atom. The molecule has 1 fully saturated rings. The molecule has 0 aliphatic carbocycles. The largest absolute Gasteiger partial charge is 0.493 e. The van der Waals surface area contributed by atoms with E-state index < -0.39 is 11.9 Å². The normalized spacial score (nSPS) is 14.5. The quantitative estimate of drug-likeness (QED) is 0.344. The highest BCUT2D eigenvalue weighted by atomic mass is 19.1. The Bertz CT molecular complexity index is 1290. The summed E-state index contributed by atoms with van der Waals surface area (Å²) in [5.74, 6) is -0.726. The Kier molecular flexibility index (Phi) is 11.7.